The number of nitrogens with two attached hydrogens (primary N) is 1. The fourth-order valence-corrected chi connectivity index (χ4v) is 5.75. The molecule has 2 aromatic rings. The first-order valence-electron chi connectivity index (χ1n) is 11.8. The highest BCUT2D eigenvalue weighted by molar-refractivity contribution is 7.17. The van der Waals surface area contributed by atoms with Crippen molar-refractivity contribution >= 4 is 34.0 Å². The lowest BCUT2D eigenvalue weighted by molar-refractivity contribution is -0.116. The molecule has 2 amide bonds. The monoisotopic (exact) mass is 471 g/mol. The SMILES string of the molecule is CC(CC(=O)Nc1sc2c(c1N)CCC(OC(=O)NCC1CCOCC1)C2)c1ccccc1. The molecule has 1 saturated heterocycles. The summed E-state index contributed by atoms with van der Waals surface area (Å²) in [6.45, 7) is 4.20. The number of carbonyl (C=O) groups excluding carboxylic acids is 2. The van der Waals surface area contributed by atoms with Crippen LogP contribution >= 0.6 is 11.3 Å². The summed E-state index contributed by atoms with van der Waals surface area (Å²) < 4.78 is 11.0. The Labute approximate surface area is 199 Å². The van der Waals surface area contributed by atoms with Crippen molar-refractivity contribution in [3.63, 3.8) is 0 Å². The van der Waals surface area contributed by atoms with Crippen molar-refractivity contribution in [2.24, 2.45) is 5.92 Å². The topological polar surface area (TPSA) is 103 Å². The molecule has 0 bridgehead atoms. The van der Waals surface area contributed by atoms with Crippen molar-refractivity contribution < 1.29 is 19.1 Å². The predicted molar refractivity (Wildman–Crippen MR) is 131 cm³/mol. The minimum absolute atomic E-state index is 0.0445. The molecule has 1 aromatic carbocycles. The number of anilines is 2. The Morgan fingerprint density at radius 1 is 1.21 bits per heavy atom. The molecule has 2 aliphatic rings. The molecule has 1 aromatic heterocycles. The molecule has 178 valence electrons. The first-order valence-corrected chi connectivity index (χ1v) is 12.6. The number of hydrogen-bond acceptors (Lipinski definition) is 6. The first-order chi connectivity index (χ1) is 16.0. The lowest BCUT2D eigenvalue weighted by Crippen LogP contribution is -2.36. The molecule has 4 rings (SSSR count). The van der Waals surface area contributed by atoms with Gasteiger partial charge in [0.1, 0.15) is 11.1 Å². The molecule has 1 aliphatic carbocycles. The second kappa shape index (κ2) is 11.0. The molecule has 2 heterocycles. The highest BCUT2D eigenvalue weighted by Crippen LogP contribution is 2.41. The molecule has 1 aliphatic heterocycles. The van der Waals surface area contributed by atoms with E-state index in [1.54, 1.807) is 0 Å². The maximum absolute atomic E-state index is 12.6. The van der Waals surface area contributed by atoms with E-state index in [0.717, 1.165) is 54.9 Å². The maximum atomic E-state index is 12.6. The van der Waals surface area contributed by atoms with Crippen LogP contribution in [-0.4, -0.2) is 37.9 Å². The van der Waals surface area contributed by atoms with Crippen LogP contribution in [0.15, 0.2) is 30.3 Å². The predicted octanol–water partition coefficient (Wildman–Crippen LogP) is 4.47. The summed E-state index contributed by atoms with van der Waals surface area (Å²) in [6.07, 6.45) is 3.91. The molecule has 8 heteroatoms. The van der Waals surface area contributed by atoms with Gasteiger partial charge < -0.3 is 25.8 Å². The van der Waals surface area contributed by atoms with Gasteiger partial charge in [-0.25, -0.2) is 4.79 Å². The van der Waals surface area contributed by atoms with Gasteiger partial charge in [-0.1, -0.05) is 37.3 Å². The molecule has 2 atom stereocenters. The second-order valence-corrected chi connectivity index (χ2v) is 10.1. The fraction of sp³-hybridized carbons (Fsp3) is 0.520. The summed E-state index contributed by atoms with van der Waals surface area (Å²) in [4.78, 5) is 26.0. The zero-order chi connectivity index (χ0) is 23.2. The average molecular weight is 472 g/mol. The van der Waals surface area contributed by atoms with Crippen LogP contribution in [0, 0.1) is 5.92 Å². The minimum Gasteiger partial charge on any atom is -0.446 e. The highest BCUT2D eigenvalue weighted by atomic mass is 32.1. The van der Waals surface area contributed by atoms with E-state index in [-0.39, 0.29) is 24.0 Å². The van der Waals surface area contributed by atoms with E-state index in [0.29, 0.717) is 36.0 Å². The number of amides is 2. The van der Waals surface area contributed by atoms with E-state index in [2.05, 4.69) is 10.6 Å². The van der Waals surface area contributed by atoms with Gasteiger partial charge >= 0.3 is 6.09 Å². The molecule has 4 N–H and O–H groups in total. The van der Waals surface area contributed by atoms with Crippen LogP contribution in [0.4, 0.5) is 15.5 Å². The van der Waals surface area contributed by atoms with Gasteiger partial charge in [-0.2, -0.15) is 0 Å². The molecule has 7 nitrogen and oxygen atoms in total. The van der Waals surface area contributed by atoms with E-state index in [1.165, 1.54) is 11.3 Å². The van der Waals surface area contributed by atoms with E-state index in [9.17, 15) is 9.59 Å². The normalized spacial score (nSPS) is 19.4. The second-order valence-electron chi connectivity index (χ2n) is 9.02. The van der Waals surface area contributed by atoms with Crippen LogP contribution in [0.1, 0.15) is 54.5 Å². The van der Waals surface area contributed by atoms with Crippen molar-refractivity contribution in [2.75, 3.05) is 30.8 Å². The van der Waals surface area contributed by atoms with Crippen LogP contribution < -0.4 is 16.4 Å². The van der Waals surface area contributed by atoms with Crippen LogP contribution in [0.3, 0.4) is 0 Å². The summed E-state index contributed by atoms with van der Waals surface area (Å²) in [6, 6.07) is 10.0. The van der Waals surface area contributed by atoms with Gasteiger partial charge in [-0.05, 0) is 48.6 Å². The summed E-state index contributed by atoms with van der Waals surface area (Å²) in [5.74, 6) is 0.536. The number of nitrogen functional groups attached to an aromatic ring is 1. The Morgan fingerprint density at radius 2 is 1.97 bits per heavy atom. The zero-order valence-corrected chi connectivity index (χ0v) is 19.9. The summed E-state index contributed by atoms with van der Waals surface area (Å²) in [5.41, 5.74) is 9.23. The molecule has 1 fully saturated rings. The Balaban J connectivity index is 1.28. The highest BCUT2D eigenvalue weighted by Gasteiger charge is 2.28. The molecular formula is C25H33N3O4S. The van der Waals surface area contributed by atoms with Gasteiger partial charge in [-0.15, -0.1) is 11.3 Å². The lowest BCUT2D eigenvalue weighted by atomic mass is 9.95. The van der Waals surface area contributed by atoms with Gasteiger partial charge in [-0.3, -0.25) is 4.79 Å². The van der Waals surface area contributed by atoms with E-state index < -0.39 is 0 Å². The first kappa shape index (κ1) is 23.6. The molecule has 0 spiro atoms. The van der Waals surface area contributed by atoms with E-state index in [1.807, 2.05) is 37.3 Å². The number of hydrogen-bond donors (Lipinski definition) is 3. The van der Waals surface area contributed by atoms with Gasteiger partial charge in [0.25, 0.3) is 0 Å². The van der Waals surface area contributed by atoms with Crippen LogP contribution in [0.25, 0.3) is 0 Å². The molecular weight excluding hydrogens is 438 g/mol. The van der Waals surface area contributed by atoms with E-state index in [4.69, 9.17) is 15.2 Å². The van der Waals surface area contributed by atoms with E-state index >= 15 is 0 Å². The lowest BCUT2D eigenvalue weighted by Gasteiger charge is -2.25. The number of carbonyl (C=O) groups is 2. The summed E-state index contributed by atoms with van der Waals surface area (Å²) in [5, 5.41) is 6.61. The number of thiophene rings is 1. The third-order valence-corrected chi connectivity index (χ3v) is 7.71. The number of rotatable bonds is 7. The van der Waals surface area contributed by atoms with Crippen LogP contribution in [0.5, 0.6) is 0 Å². The van der Waals surface area contributed by atoms with Gasteiger partial charge in [0.2, 0.25) is 5.91 Å². The Morgan fingerprint density at radius 3 is 2.73 bits per heavy atom. The van der Waals surface area contributed by atoms with Gasteiger partial charge in [0, 0.05) is 37.5 Å². The minimum atomic E-state index is -0.358. The molecule has 33 heavy (non-hydrogen) atoms. The quantitative estimate of drug-likeness (QED) is 0.553. The molecule has 0 radical (unpaired) electrons. The fourth-order valence-electron chi connectivity index (χ4n) is 4.50. The molecule has 2 unspecified atom stereocenters. The number of benzene rings is 1. The van der Waals surface area contributed by atoms with Gasteiger partial charge in [0.05, 0.1) is 5.69 Å². The smallest absolute Gasteiger partial charge is 0.407 e. The number of nitrogens with one attached hydrogen (secondary N) is 2. The van der Waals surface area contributed by atoms with Crippen molar-refractivity contribution in [1.82, 2.24) is 5.32 Å². The third-order valence-electron chi connectivity index (χ3n) is 6.52. The average Bonchev–Trinajstić information content (AvgIpc) is 3.13. The van der Waals surface area contributed by atoms with Gasteiger partial charge in [0.15, 0.2) is 0 Å². The Kier molecular flexibility index (Phi) is 7.88. The number of fused-ring (bicyclic) bond motifs is 1. The maximum Gasteiger partial charge on any atom is 0.407 e. The van der Waals surface area contributed by atoms with Crippen molar-refractivity contribution in [1.29, 1.82) is 0 Å². The van der Waals surface area contributed by atoms with Crippen molar-refractivity contribution in [3.05, 3.63) is 46.3 Å². The third kappa shape index (κ3) is 6.26. The number of ether oxygens (including phenoxy) is 2. The summed E-state index contributed by atoms with van der Waals surface area (Å²) >= 11 is 1.50. The van der Waals surface area contributed by atoms with Crippen LogP contribution in [0.2, 0.25) is 0 Å². The zero-order valence-electron chi connectivity index (χ0n) is 19.1. The standard InChI is InChI=1S/C25H33N3O4S/c1-16(18-5-3-2-4-6-18)13-22(29)28-24-23(26)20-8-7-19(14-21(20)33-24)32-25(30)27-15-17-9-11-31-12-10-17/h2-6,16-17,19H,7-15,26H2,1H3,(H,27,30)(H,28,29). The summed E-state index contributed by atoms with van der Waals surface area (Å²) in [7, 11) is 0. The van der Waals surface area contributed by atoms with Crippen molar-refractivity contribution in [3.8, 4) is 0 Å². The molecule has 0 saturated carbocycles. The Bertz CT molecular complexity index is 956. The van der Waals surface area contributed by atoms with Crippen LogP contribution in [-0.2, 0) is 27.1 Å². The Hall–Kier alpha value is -2.58. The largest absolute Gasteiger partial charge is 0.446 e. The van der Waals surface area contributed by atoms with Crippen molar-refractivity contribution in [2.45, 2.75) is 57.5 Å². The number of alkyl carbamates (subject to hydrolysis) is 1.